The summed E-state index contributed by atoms with van der Waals surface area (Å²) in [6.45, 7) is 0.691. The Morgan fingerprint density at radius 3 is 1.52 bits per heavy atom. The molecule has 1 aliphatic heterocycles. The van der Waals surface area contributed by atoms with Crippen LogP contribution in [0.25, 0.3) is 33.0 Å². The lowest BCUT2D eigenvalue weighted by atomic mass is 9.95. The minimum Gasteiger partial charge on any atom is -0.395 e. The van der Waals surface area contributed by atoms with E-state index in [4.69, 9.17) is 0 Å². The molecule has 3 heterocycles. The van der Waals surface area contributed by atoms with Gasteiger partial charge in [0.2, 0.25) is 0 Å². The summed E-state index contributed by atoms with van der Waals surface area (Å²) in [6.07, 6.45) is 3.64. The molecule has 0 fully saturated rings. The minimum atomic E-state index is -0.439. The number of nitrogens with zero attached hydrogens (tertiary/aromatic N) is 2. The number of amides is 2. The van der Waals surface area contributed by atoms with Gasteiger partial charge in [0.1, 0.15) is 0 Å². The van der Waals surface area contributed by atoms with Crippen molar-refractivity contribution in [3.63, 3.8) is 0 Å². The van der Waals surface area contributed by atoms with Crippen LogP contribution in [0.5, 0.6) is 0 Å². The Labute approximate surface area is 177 Å². The van der Waals surface area contributed by atoms with Crippen molar-refractivity contribution in [1.29, 1.82) is 0 Å². The largest absolute Gasteiger partial charge is 0.395 e. The van der Waals surface area contributed by atoms with Gasteiger partial charge < -0.3 is 19.3 Å². The highest BCUT2D eigenvalue weighted by Gasteiger charge is 2.35. The van der Waals surface area contributed by atoms with Gasteiger partial charge in [0.25, 0.3) is 11.8 Å². The van der Waals surface area contributed by atoms with Gasteiger partial charge in [0.15, 0.2) is 0 Å². The monoisotopic (exact) mass is 415 g/mol. The third-order valence-electron chi connectivity index (χ3n) is 5.73. The van der Waals surface area contributed by atoms with Gasteiger partial charge in [0.05, 0.1) is 24.4 Å². The molecule has 3 N–H and O–H groups in total. The molecule has 156 valence electrons. The third-order valence-corrected chi connectivity index (χ3v) is 5.73. The second-order valence-corrected chi connectivity index (χ2v) is 7.49. The van der Waals surface area contributed by atoms with Crippen molar-refractivity contribution in [2.24, 2.45) is 0 Å². The Bertz CT molecular complexity index is 1270. The fraction of sp³-hybridized carbons (Fsp3) is 0.167. The van der Waals surface area contributed by atoms with Crippen LogP contribution >= 0.6 is 0 Å². The quantitative estimate of drug-likeness (QED) is 0.421. The Morgan fingerprint density at radius 2 is 1.10 bits per heavy atom. The molecule has 0 radical (unpaired) electrons. The SMILES string of the molecule is O=C1NC(=O)C(c2cn(CCO)c3ccccc23)=C1c1cn(CCO)c2ccccc12. The number of carbonyl (C=O) groups excluding carboxylic acids is 2. The summed E-state index contributed by atoms with van der Waals surface area (Å²) in [5.41, 5.74) is 3.72. The van der Waals surface area contributed by atoms with Crippen molar-refractivity contribution >= 4 is 44.8 Å². The Kier molecular flexibility index (Phi) is 4.69. The smallest absolute Gasteiger partial charge is 0.259 e. The molecule has 2 amide bonds. The molecule has 7 heteroatoms. The van der Waals surface area contributed by atoms with Crippen LogP contribution in [-0.2, 0) is 22.7 Å². The molecule has 31 heavy (non-hydrogen) atoms. The zero-order valence-electron chi connectivity index (χ0n) is 16.7. The number of fused-ring (bicyclic) bond motifs is 2. The molecule has 7 nitrogen and oxygen atoms in total. The molecule has 0 saturated heterocycles. The molecule has 0 bridgehead atoms. The summed E-state index contributed by atoms with van der Waals surface area (Å²) in [7, 11) is 0. The third kappa shape index (κ3) is 2.98. The summed E-state index contributed by atoms with van der Waals surface area (Å²) in [4.78, 5) is 25.9. The number of hydrogen-bond acceptors (Lipinski definition) is 4. The number of benzene rings is 2. The van der Waals surface area contributed by atoms with Crippen LogP contribution in [0.4, 0.5) is 0 Å². The molecule has 0 saturated carbocycles. The predicted molar refractivity (Wildman–Crippen MR) is 118 cm³/mol. The lowest BCUT2D eigenvalue weighted by Gasteiger charge is -2.03. The van der Waals surface area contributed by atoms with Gasteiger partial charge in [0, 0.05) is 58.4 Å². The highest BCUT2D eigenvalue weighted by molar-refractivity contribution is 6.50. The van der Waals surface area contributed by atoms with E-state index in [1.165, 1.54) is 0 Å². The molecule has 1 aliphatic rings. The molecule has 0 aliphatic carbocycles. The summed E-state index contributed by atoms with van der Waals surface area (Å²) >= 11 is 0. The van der Waals surface area contributed by atoms with E-state index in [-0.39, 0.29) is 13.2 Å². The maximum Gasteiger partial charge on any atom is 0.259 e. The second kappa shape index (κ2) is 7.54. The Morgan fingerprint density at radius 1 is 0.677 bits per heavy atom. The fourth-order valence-corrected chi connectivity index (χ4v) is 4.45. The lowest BCUT2D eigenvalue weighted by Crippen LogP contribution is -2.22. The fourth-order valence-electron chi connectivity index (χ4n) is 4.45. The van der Waals surface area contributed by atoms with E-state index in [1.807, 2.05) is 70.1 Å². The number of aliphatic hydroxyl groups is 2. The van der Waals surface area contributed by atoms with Crippen molar-refractivity contribution in [2.75, 3.05) is 13.2 Å². The van der Waals surface area contributed by atoms with Gasteiger partial charge in [-0.2, -0.15) is 0 Å². The van der Waals surface area contributed by atoms with E-state index in [9.17, 15) is 19.8 Å². The van der Waals surface area contributed by atoms with Gasteiger partial charge in [-0.3, -0.25) is 14.9 Å². The highest BCUT2D eigenvalue weighted by Crippen LogP contribution is 2.38. The molecule has 0 unspecified atom stereocenters. The maximum atomic E-state index is 13.0. The van der Waals surface area contributed by atoms with Crippen molar-refractivity contribution in [3.05, 3.63) is 72.1 Å². The van der Waals surface area contributed by atoms with Crippen LogP contribution in [0.3, 0.4) is 0 Å². The molecule has 5 rings (SSSR count). The predicted octanol–water partition coefficient (Wildman–Crippen LogP) is 2.15. The van der Waals surface area contributed by atoms with Crippen molar-refractivity contribution in [1.82, 2.24) is 14.5 Å². The second-order valence-electron chi connectivity index (χ2n) is 7.49. The summed E-state index contributed by atoms with van der Waals surface area (Å²) in [5.74, 6) is -0.878. The number of imide groups is 1. The first kappa shape index (κ1) is 19.3. The highest BCUT2D eigenvalue weighted by atomic mass is 16.3. The normalized spacial score (nSPS) is 14.3. The lowest BCUT2D eigenvalue weighted by molar-refractivity contribution is -0.122. The van der Waals surface area contributed by atoms with E-state index in [1.54, 1.807) is 0 Å². The van der Waals surface area contributed by atoms with Gasteiger partial charge in [-0.05, 0) is 12.1 Å². The van der Waals surface area contributed by atoms with Crippen LogP contribution in [-0.4, -0.2) is 44.4 Å². The zero-order chi connectivity index (χ0) is 21.5. The number of para-hydroxylation sites is 2. The van der Waals surface area contributed by atoms with Gasteiger partial charge in [-0.15, -0.1) is 0 Å². The van der Waals surface area contributed by atoms with Crippen LogP contribution < -0.4 is 5.32 Å². The van der Waals surface area contributed by atoms with Crippen LogP contribution in [0, 0.1) is 0 Å². The molecular formula is C24H21N3O4. The average Bonchev–Trinajstić information content (AvgIpc) is 3.40. The Hall–Kier alpha value is -3.68. The van der Waals surface area contributed by atoms with E-state index >= 15 is 0 Å². The van der Waals surface area contributed by atoms with Gasteiger partial charge in [-0.25, -0.2) is 0 Å². The first-order valence-corrected chi connectivity index (χ1v) is 10.1. The van der Waals surface area contributed by atoms with E-state index in [2.05, 4.69) is 5.32 Å². The first-order chi connectivity index (χ1) is 15.1. The van der Waals surface area contributed by atoms with Crippen molar-refractivity contribution in [3.8, 4) is 0 Å². The number of nitrogens with one attached hydrogen (secondary N) is 1. The summed E-state index contributed by atoms with van der Waals surface area (Å²) in [6, 6.07) is 15.2. The average molecular weight is 415 g/mol. The van der Waals surface area contributed by atoms with Crippen LogP contribution in [0.15, 0.2) is 60.9 Å². The number of hydrogen-bond donors (Lipinski definition) is 3. The minimum absolute atomic E-state index is 0.0379. The van der Waals surface area contributed by atoms with E-state index < -0.39 is 11.8 Å². The topological polar surface area (TPSA) is 96.5 Å². The van der Waals surface area contributed by atoms with E-state index in [0.29, 0.717) is 35.4 Å². The number of aromatic nitrogens is 2. The molecule has 4 aromatic rings. The number of rotatable bonds is 6. The van der Waals surface area contributed by atoms with Crippen LogP contribution in [0.1, 0.15) is 11.1 Å². The molecule has 2 aromatic heterocycles. The maximum absolute atomic E-state index is 13.0. The summed E-state index contributed by atoms with van der Waals surface area (Å²) < 4.78 is 3.78. The van der Waals surface area contributed by atoms with Gasteiger partial charge >= 0.3 is 0 Å². The molecule has 0 atom stereocenters. The van der Waals surface area contributed by atoms with Crippen molar-refractivity contribution < 1.29 is 19.8 Å². The molecular weight excluding hydrogens is 394 g/mol. The van der Waals surface area contributed by atoms with Crippen molar-refractivity contribution in [2.45, 2.75) is 13.1 Å². The summed E-state index contributed by atoms with van der Waals surface area (Å²) in [5, 5.41) is 23.1. The number of aliphatic hydroxyl groups excluding tert-OH is 2. The van der Waals surface area contributed by atoms with Gasteiger partial charge in [-0.1, -0.05) is 36.4 Å². The van der Waals surface area contributed by atoms with Crippen LogP contribution in [0.2, 0.25) is 0 Å². The first-order valence-electron chi connectivity index (χ1n) is 10.1. The standard InChI is InChI=1S/C24H21N3O4/c28-11-9-26-13-17(15-5-1-3-7-19(15)26)21-22(24(31)25-23(21)30)18-14-27(10-12-29)20-8-4-2-6-16(18)20/h1-8,13-14,28-29H,9-12H2,(H,25,30,31). The number of carbonyl (C=O) groups is 2. The molecule has 2 aromatic carbocycles. The molecule has 0 spiro atoms. The van der Waals surface area contributed by atoms with E-state index in [0.717, 1.165) is 21.8 Å². The zero-order valence-corrected chi connectivity index (χ0v) is 16.7. The Balaban J connectivity index is 1.82.